The monoisotopic (exact) mass is 1410 g/mol. The molecule has 0 aliphatic heterocycles. The van der Waals surface area contributed by atoms with Crippen LogP contribution in [-0.2, 0) is 71.0 Å². The predicted molar refractivity (Wildman–Crippen MR) is 350 cm³/mol. The van der Waals surface area contributed by atoms with Crippen LogP contribution in [0.2, 0.25) is 0 Å². The molecule has 8 rings (SSSR count). The lowest BCUT2D eigenvalue weighted by molar-refractivity contribution is 0.00171. The normalized spacial score (nSPS) is 14.2. The van der Waals surface area contributed by atoms with E-state index in [9.17, 15) is 68.7 Å². The summed E-state index contributed by atoms with van der Waals surface area (Å²) in [5.41, 5.74) is -2.24. The Morgan fingerprint density at radius 3 is 1.05 bits per heavy atom. The molecule has 20 nitrogen and oxygen atoms in total. The number of ether oxygens (including phenoxy) is 4. The molecule has 4 N–H and O–H groups in total. The van der Waals surface area contributed by atoms with Crippen LogP contribution in [0.3, 0.4) is 0 Å². The molecule has 0 saturated carbocycles. The molecule has 496 valence electrons. The molecule has 0 radical (unpaired) electrons. The SMILES string of the molecule is CCC(C)(C)Oc1ccc(Sc2ccc(Oc3ccc(S(=O)(=O)c4ccc(C(C)(CC)C(C)(CC)Oc5ccc(-c6ccc(Oc7ccc(S(=O)(=O)c8ccc(C(C)(C)CC)c(S(=O)(=O)O)c8)cc7S(=O)(=O)O)cc6)cc5)c(S(=O)(=O)O)c4)cc3S(=O)(=O)O)cc2)cc1. The molecule has 0 aromatic heterocycles. The molecule has 2 atom stereocenters. The minimum atomic E-state index is -5.20. The van der Waals surface area contributed by atoms with Gasteiger partial charge in [0.1, 0.15) is 55.5 Å². The highest BCUT2D eigenvalue weighted by Gasteiger charge is 2.48. The van der Waals surface area contributed by atoms with E-state index < -0.39 is 127 Å². The summed E-state index contributed by atoms with van der Waals surface area (Å²) in [6, 6.07) is 38.9. The van der Waals surface area contributed by atoms with Crippen LogP contribution in [0.4, 0.5) is 0 Å². The van der Waals surface area contributed by atoms with Gasteiger partial charge in [-0.2, -0.15) is 33.7 Å². The van der Waals surface area contributed by atoms with E-state index in [1.165, 1.54) is 36.0 Å². The summed E-state index contributed by atoms with van der Waals surface area (Å²) in [6.45, 7) is 18.2. The van der Waals surface area contributed by atoms with Gasteiger partial charge in [-0.3, -0.25) is 18.2 Å². The molecule has 0 heterocycles. The van der Waals surface area contributed by atoms with Crippen molar-refractivity contribution in [2.75, 3.05) is 0 Å². The molecular weight excluding hydrogens is 1340 g/mol. The molecule has 0 aliphatic rings. The van der Waals surface area contributed by atoms with Crippen molar-refractivity contribution >= 4 is 71.9 Å². The van der Waals surface area contributed by atoms with Gasteiger partial charge in [0.25, 0.3) is 40.5 Å². The van der Waals surface area contributed by atoms with Gasteiger partial charge in [-0.15, -0.1) is 0 Å². The molecule has 2 unspecified atom stereocenters. The van der Waals surface area contributed by atoms with Gasteiger partial charge in [0, 0.05) is 15.2 Å². The lowest BCUT2D eigenvalue weighted by Gasteiger charge is -2.46. The van der Waals surface area contributed by atoms with Crippen LogP contribution in [0, 0.1) is 0 Å². The Hall–Kier alpha value is -7.15. The number of hydrogen-bond donors (Lipinski definition) is 4. The van der Waals surface area contributed by atoms with Crippen LogP contribution >= 0.6 is 11.8 Å². The number of benzene rings is 8. The zero-order chi connectivity index (χ0) is 68.7. The fourth-order valence-electron chi connectivity index (χ4n) is 10.2. The van der Waals surface area contributed by atoms with Crippen LogP contribution in [0.25, 0.3) is 11.1 Å². The smallest absolute Gasteiger partial charge is 0.298 e. The van der Waals surface area contributed by atoms with Crippen molar-refractivity contribution in [2.45, 2.75) is 166 Å². The van der Waals surface area contributed by atoms with E-state index >= 15 is 0 Å². The van der Waals surface area contributed by atoms with Crippen LogP contribution < -0.4 is 18.9 Å². The van der Waals surface area contributed by atoms with Crippen LogP contribution in [0.5, 0.6) is 34.5 Å². The highest BCUT2D eigenvalue weighted by Crippen LogP contribution is 2.47. The Bertz CT molecular complexity index is 4850. The maximum Gasteiger partial charge on any atom is 0.298 e. The standard InChI is InChI=1S/C66H70O20S7/c1-11-63(5,6)55-35-31-51(39-59(55)90(71,72)73)88(67,68)53-33-37-57(61(41-53)92(77,78)79)83-45-19-15-43(16-20-45)44-17-21-48(22-18-44)86-66(10,14-4)65(9,13-3)56-36-32-52(40-60(56)91(74,75)76)89(69,70)54-34-38-58(62(42-54)93(80,81)82)84-46-23-27-49(28-24-46)87-50-29-25-47(26-30-50)85-64(7,8)12-2/h15-42H,11-14H2,1-10H3,(H,71,72,73)(H,74,75,76)(H,77,78,79)(H,80,81,82). The topological polar surface area (TPSA) is 323 Å². The molecule has 0 saturated heterocycles. The molecule has 0 aliphatic carbocycles. The van der Waals surface area contributed by atoms with Gasteiger partial charge >= 0.3 is 0 Å². The van der Waals surface area contributed by atoms with Crippen molar-refractivity contribution in [1.82, 2.24) is 0 Å². The second-order valence-corrected chi connectivity index (χ2v) is 34.2. The van der Waals surface area contributed by atoms with Gasteiger partial charge in [0.05, 0.1) is 29.4 Å². The first kappa shape index (κ1) is 71.7. The quantitative estimate of drug-likeness (QED) is 0.0366. The summed E-state index contributed by atoms with van der Waals surface area (Å²) in [6.07, 6.45) is 1.68. The Kier molecular flexibility index (Phi) is 20.5. The van der Waals surface area contributed by atoms with Gasteiger partial charge in [0.2, 0.25) is 19.7 Å². The Balaban J connectivity index is 0.992. The van der Waals surface area contributed by atoms with E-state index in [0.717, 1.165) is 70.5 Å². The van der Waals surface area contributed by atoms with E-state index in [-0.39, 0.29) is 41.1 Å². The summed E-state index contributed by atoms with van der Waals surface area (Å²) < 4.78 is 225. The third-order valence-corrected chi connectivity index (χ3v) is 24.9. The van der Waals surface area contributed by atoms with Crippen LogP contribution in [0.15, 0.2) is 219 Å². The number of rotatable bonds is 26. The largest absolute Gasteiger partial charge is 0.488 e. The molecule has 27 heteroatoms. The summed E-state index contributed by atoms with van der Waals surface area (Å²) in [7, 11) is -29.9. The Morgan fingerprint density at radius 1 is 0.355 bits per heavy atom. The van der Waals surface area contributed by atoms with E-state index in [4.69, 9.17) is 18.9 Å². The van der Waals surface area contributed by atoms with Crippen LogP contribution in [-0.4, -0.2) is 79.9 Å². The van der Waals surface area contributed by atoms with Crippen molar-refractivity contribution in [1.29, 1.82) is 0 Å². The van der Waals surface area contributed by atoms with Crippen molar-refractivity contribution in [3.8, 4) is 45.6 Å². The van der Waals surface area contributed by atoms with E-state index in [0.29, 0.717) is 35.4 Å². The van der Waals surface area contributed by atoms with Crippen molar-refractivity contribution in [3.63, 3.8) is 0 Å². The van der Waals surface area contributed by atoms with E-state index in [2.05, 4.69) is 0 Å². The van der Waals surface area contributed by atoms with Gasteiger partial charge in [-0.1, -0.05) is 96.6 Å². The fraction of sp³-hybridized carbons (Fsp3) is 0.273. The van der Waals surface area contributed by atoms with Crippen molar-refractivity contribution in [2.24, 2.45) is 0 Å². The maximum absolute atomic E-state index is 14.4. The first-order valence-corrected chi connectivity index (χ1v) is 38.4. The van der Waals surface area contributed by atoms with Crippen molar-refractivity contribution in [3.05, 3.63) is 181 Å². The fourth-order valence-corrected chi connectivity index (χ4v) is 16.9. The average Bonchev–Trinajstić information content (AvgIpc) is 0.743. The first-order valence-electron chi connectivity index (χ1n) is 28.9. The predicted octanol–water partition coefficient (Wildman–Crippen LogP) is 14.9. The zero-order valence-electron chi connectivity index (χ0n) is 52.2. The van der Waals surface area contributed by atoms with Crippen molar-refractivity contribution < 1.29 is 87.7 Å². The van der Waals surface area contributed by atoms with Gasteiger partial charge < -0.3 is 18.9 Å². The molecule has 0 amide bonds. The molecule has 0 spiro atoms. The molecule has 0 fully saturated rings. The summed E-state index contributed by atoms with van der Waals surface area (Å²) >= 11 is 1.45. The maximum atomic E-state index is 14.4. The van der Waals surface area contributed by atoms with Gasteiger partial charge in [0.15, 0.2) is 0 Å². The van der Waals surface area contributed by atoms with E-state index in [1.54, 1.807) is 109 Å². The van der Waals surface area contributed by atoms with E-state index in [1.807, 2.05) is 45.0 Å². The minimum Gasteiger partial charge on any atom is -0.488 e. The first-order chi connectivity index (χ1) is 43.1. The summed E-state index contributed by atoms with van der Waals surface area (Å²) in [5.74, 6) is 0.413. The highest BCUT2D eigenvalue weighted by molar-refractivity contribution is 7.99. The molecule has 8 aromatic rings. The summed E-state index contributed by atoms with van der Waals surface area (Å²) in [5, 5.41) is 0. The summed E-state index contributed by atoms with van der Waals surface area (Å²) in [4.78, 5) is -3.99. The highest BCUT2D eigenvalue weighted by atomic mass is 32.2. The second-order valence-electron chi connectivity index (χ2n) is 23.6. The van der Waals surface area contributed by atoms with Gasteiger partial charge in [-0.05, 0) is 208 Å². The minimum absolute atomic E-state index is 0.000577. The molecule has 0 bridgehead atoms. The molecule has 93 heavy (non-hydrogen) atoms. The lowest BCUT2D eigenvalue weighted by Crippen LogP contribution is -2.51. The van der Waals surface area contributed by atoms with Crippen LogP contribution in [0.1, 0.15) is 106 Å². The second kappa shape index (κ2) is 26.6. The zero-order valence-corrected chi connectivity index (χ0v) is 57.9. The third kappa shape index (κ3) is 15.8. The Morgan fingerprint density at radius 2 is 0.688 bits per heavy atom. The average molecular weight is 1410 g/mol. The van der Waals surface area contributed by atoms with Gasteiger partial charge in [-0.25, -0.2) is 16.8 Å². The third-order valence-electron chi connectivity index (χ3n) is 16.8. The Labute approximate surface area is 548 Å². The lowest BCUT2D eigenvalue weighted by atomic mass is 9.66. The number of hydrogen-bond acceptors (Lipinski definition) is 17. The molecule has 8 aromatic carbocycles. The molecular formula is C66H70O20S7. The number of sulfone groups is 2.